The first-order valence-corrected chi connectivity index (χ1v) is 14.1. The fourth-order valence-electron chi connectivity index (χ4n) is 5.30. The lowest BCUT2D eigenvalue weighted by Gasteiger charge is -2.43. The van der Waals surface area contributed by atoms with Crippen LogP contribution in [0.3, 0.4) is 0 Å². The van der Waals surface area contributed by atoms with Gasteiger partial charge in [0.05, 0.1) is 18.7 Å². The zero-order valence-corrected chi connectivity index (χ0v) is 24.7. The van der Waals surface area contributed by atoms with Gasteiger partial charge in [-0.05, 0) is 34.6 Å². The molecule has 0 radical (unpaired) electrons. The summed E-state index contributed by atoms with van der Waals surface area (Å²) in [5.41, 5.74) is 10.5. The topological polar surface area (TPSA) is 92.9 Å². The average molecular weight is 556 g/mol. The van der Waals surface area contributed by atoms with E-state index in [2.05, 4.69) is 0 Å². The summed E-state index contributed by atoms with van der Waals surface area (Å²) < 4.78 is 5.64. The third-order valence-electron chi connectivity index (χ3n) is 7.90. The van der Waals surface area contributed by atoms with Crippen molar-refractivity contribution < 1.29 is 19.1 Å². The predicted molar refractivity (Wildman–Crippen MR) is 160 cm³/mol. The van der Waals surface area contributed by atoms with Crippen molar-refractivity contribution in [1.82, 2.24) is 9.80 Å². The van der Waals surface area contributed by atoms with Crippen LogP contribution in [0, 0.1) is 5.41 Å². The number of benzene rings is 3. The molecule has 0 aliphatic carbocycles. The van der Waals surface area contributed by atoms with Gasteiger partial charge in [0.25, 0.3) is 0 Å². The summed E-state index contributed by atoms with van der Waals surface area (Å²) in [6.45, 7) is 8.22. The van der Waals surface area contributed by atoms with Crippen LogP contribution in [0.5, 0.6) is 0 Å². The number of hydrogen-bond donors (Lipinski definition) is 1. The molecule has 3 aromatic rings. The minimum atomic E-state index is -0.764. The average Bonchev–Trinajstić information content (AvgIpc) is 2.97. The molecule has 1 aliphatic rings. The van der Waals surface area contributed by atoms with Crippen LogP contribution in [0.4, 0.5) is 0 Å². The summed E-state index contributed by atoms with van der Waals surface area (Å²) in [5.74, 6) is -0.425. The first-order valence-electron chi connectivity index (χ1n) is 14.1. The van der Waals surface area contributed by atoms with Gasteiger partial charge in [0, 0.05) is 32.2 Å². The van der Waals surface area contributed by atoms with E-state index < -0.39 is 23.5 Å². The third kappa shape index (κ3) is 6.92. The number of amides is 2. The lowest BCUT2D eigenvalue weighted by molar-refractivity contribution is -0.151. The van der Waals surface area contributed by atoms with Crippen LogP contribution in [0.25, 0.3) is 0 Å². The van der Waals surface area contributed by atoms with Crippen molar-refractivity contribution in [2.75, 3.05) is 13.7 Å². The number of methoxy groups -OCH3 is 1. The number of Topliss-reactive ketones (excluding diaryl/α,β-unsaturated/α-hetero) is 1. The summed E-state index contributed by atoms with van der Waals surface area (Å²) in [5, 5.41) is 0. The Kier molecular flexibility index (Phi) is 9.41. The molecule has 41 heavy (non-hydrogen) atoms. The van der Waals surface area contributed by atoms with Crippen LogP contribution in [0.2, 0.25) is 0 Å². The Morgan fingerprint density at radius 3 is 2.15 bits per heavy atom. The maximum absolute atomic E-state index is 14.7. The van der Waals surface area contributed by atoms with E-state index in [1.54, 1.807) is 24.1 Å². The van der Waals surface area contributed by atoms with Gasteiger partial charge in [-0.2, -0.15) is 0 Å². The number of nitrogens with zero attached hydrogens (tertiary/aromatic N) is 2. The largest absolute Gasteiger partial charge is 0.382 e. The highest BCUT2D eigenvalue weighted by Gasteiger charge is 2.42. The molecule has 0 fully saturated rings. The van der Waals surface area contributed by atoms with Gasteiger partial charge in [0.15, 0.2) is 5.78 Å². The number of ether oxygens (including phenoxy) is 1. The molecule has 2 N–H and O–H groups in total. The van der Waals surface area contributed by atoms with E-state index in [1.807, 2.05) is 92.4 Å². The molecule has 0 saturated carbocycles. The first kappa shape index (κ1) is 30.2. The molecular weight excluding hydrogens is 514 g/mol. The van der Waals surface area contributed by atoms with Crippen molar-refractivity contribution in [3.05, 3.63) is 107 Å². The molecule has 0 unspecified atom stereocenters. The van der Waals surface area contributed by atoms with Crippen molar-refractivity contribution in [3.63, 3.8) is 0 Å². The zero-order valence-electron chi connectivity index (χ0n) is 24.7. The highest BCUT2D eigenvalue weighted by atomic mass is 16.5. The van der Waals surface area contributed by atoms with E-state index in [1.165, 1.54) is 6.92 Å². The maximum atomic E-state index is 14.7. The van der Waals surface area contributed by atoms with Gasteiger partial charge in [-0.15, -0.1) is 0 Å². The van der Waals surface area contributed by atoms with Gasteiger partial charge in [-0.25, -0.2) is 0 Å². The van der Waals surface area contributed by atoms with Crippen LogP contribution in [0.1, 0.15) is 66.3 Å². The van der Waals surface area contributed by atoms with E-state index in [4.69, 9.17) is 10.5 Å². The Balaban J connectivity index is 1.78. The molecule has 3 aromatic carbocycles. The van der Waals surface area contributed by atoms with E-state index in [-0.39, 0.29) is 30.7 Å². The van der Waals surface area contributed by atoms with Crippen LogP contribution >= 0.6 is 0 Å². The van der Waals surface area contributed by atoms with Crippen molar-refractivity contribution >= 4 is 17.6 Å². The minimum Gasteiger partial charge on any atom is -0.382 e. The van der Waals surface area contributed by atoms with Crippen LogP contribution in [0.15, 0.2) is 78.9 Å². The zero-order chi connectivity index (χ0) is 29.7. The van der Waals surface area contributed by atoms with Gasteiger partial charge in [-0.3, -0.25) is 14.4 Å². The Labute approximate surface area is 243 Å². The molecule has 1 aliphatic heterocycles. The molecular formula is C34H41N3O4. The highest BCUT2D eigenvalue weighted by Crippen LogP contribution is 2.31. The lowest BCUT2D eigenvalue weighted by Crippen LogP contribution is -2.59. The van der Waals surface area contributed by atoms with Gasteiger partial charge in [-0.1, -0.05) is 99.6 Å². The SMILES string of the molecule is COC[C@@H](c1ccccc1)N(Cc1ccc(C(C)=O)cc1)C(=O)[C@@H]1Cc2ccccc2CN1C(=O)[C@@H](N)C(C)(C)C. The van der Waals surface area contributed by atoms with Crippen LogP contribution < -0.4 is 5.73 Å². The molecule has 216 valence electrons. The van der Waals surface area contributed by atoms with Crippen LogP contribution in [-0.2, 0) is 33.8 Å². The monoisotopic (exact) mass is 555 g/mol. The Morgan fingerprint density at radius 1 is 0.951 bits per heavy atom. The molecule has 4 rings (SSSR count). The second-order valence-electron chi connectivity index (χ2n) is 11.9. The van der Waals surface area contributed by atoms with Crippen LogP contribution in [-0.4, -0.2) is 53.2 Å². The summed E-state index contributed by atoms with van der Waals surface area (Å²) in [6.07, 6.45) is 0.395. The Morgan fingerprint density at radius 2 is 1.56 bits per heavy atom. The predicted octanol–water partition coefficient (Wildman–Crippen LogP) is 4.93. The number of rotatable bonds is 9. The third-order valence-corrected chi connectivity index (χ3v) is 7.90. The summed E-state index contributed by atoms with van der Waals surface area (Å²) in [6, 6.07) is 23.2. The maximum Gasteiger partial charge on any atom is 0.246 e. The minimum absolute atomic E-state index is 0.0174. The van der Waals surface area contributed by atoms with E-state index in [9.17, 15) is 14.4 Å². The summed E-state index contributed by atoms with van der Waals surface area (Å²) in [4.78, 5) is 44.0. The van der Waals surface area contributed by atoms with Gasteiger partial charge < -0.3 is 20.3 Å². The molecule has 0 spiro atoms. The Bertz CT molecular complexity index is 1360. The quantitative estimate of drug-likeness (QED) is 0.378. The molecule has 2 amide bonds. The second kappa shape index (κ2) is 12.8. The Hall–Kier alpha value is -3.81. The molecule has 3 atom stereocenters. The molecule has 0 aromatic heterocycles. The van der Waals surface area contributed by atoms with Crippen molar-refractivity contribution in [2.45, 2.75) is 65.3 Å². The van der Waals surface area contributed by atoms with E-state index in [0.29, 0.717) is 18.5 Å². The van der Waals surface area contributed by atoms with Crippen molar-refractivity contribution in [3.8, 4) is 0 Å². The van der Waals surface area contributed by atoms with Crippen molar-refractivity contribution in [1.29, 1.82) is 0 Å². The van der Waals surface area contributed by atoms with Gasteiger partial charge in [0.1, 0.15) is 6.04 Å². The fourth-order valence-corrected chi connectivity index (χ4v) is 5.30. The van der Waals surface area contributed by atoms with Gasteiger partial charge >= 0.3 is 0 Å². The molecule has 1 heterocycles. The molecule has 7 heteroatoms. The van der Waals surface area contributed by atoms with E-state index in [0.717, 1.165) is 22.3 Å². The van der Waals surface area contributed by atoms with Gasteiger partial charge in [0.2, 0.25) is 11.8 Å². The number of fused-ring (bicyclic) bond motifs is 1. The molecule has 0 saturated heterocycles. The van der Waals surface area contributed by atoms with E-state index >= 15 is 0 Å². The number of carbonyl (C=O) groups excluding carboxylic acids is 3. The second-order valence-corrected chi connectivity index (χ2v) is 11.9. The first-order chi connectivity index (χ1) is 19.5. The van der Waals surface area contributed by atoms with Crippen molar-refractivity contribution in [2.24, 2.45) is 11.1 Å². The fraction of sp³-hybridized carbons (Fsp3) is 0.382. The summed E-state index contributed by atoms with van der Waals surface area (Å²) in [7, 11) is 1.62. The number of ketones is 1. The summed E-state index contributed by atoms with van der Waals surface area (Å²) >= 11 is 0. The molecule has 0 bridgehead atoms. The standard InChI is InChI=1S/C34H41N3O4/c1-23(38)25-17-15-24(16-18-25)20-36(30(22-41-5)26-11-7-6-8-12-26)32(39)29-19-27-13-9-10-14-28(27)21-37(29)33(40)31(35)34(2,3)4/h6-18,29-31H,19-22,35H2,1-5H3/t29-,30-,31+/m0/s1. The highest BCUT2D eigenvalue weighted by molar-refractivity contribution is 5.94. The number of nitrogens with two attached hydrogens (primary N) is 1. The smallest absolute Gasteiger partial charge is 0.246 e. The normalized spacial score (nSPS) is 16.4. The number of carbonyl (C=O) groups is 3. The molecule has 7 nitrogen and oxygen atoms in total. The lowest BCUT2D eigenvalue weighted by atomic mass is 9.84. The number of hydrogen-bond acceptors (Lipinski definition) is 5.